The second-order valence-corrected chi connectivity index (χ2v) is 12.1. The number of anilines is 6. The molecule has 46 heavy (non-hydrogen) atoms. The highest BCUT2D eigenvalue weighted by molar-refractivity contribution is 7.02. The van der Waals surface area contributed by atoms with Gasteiger partial charge in [0.05, 0.1) is 11.4 Å². The summed E-state index contributed by atoms with van der Waals surface area (Å²) in [7, 11) is 0. The second kappa shape index (κ2) is 9.75. The molecule has 0 radical (unpaired) electrons. The van der Waals surface area contributed by atoms with Gasteiger partial charge in [0.25, 0.3) is 6.71 Å². The molecule has 3 aliphatic rings. The quantitative estimate of drug-likeness (QED) is 0.191. The van der Waals surface area contributed by atoms with Crippen molar-refractivity contribution in [1.82, 2.24) is 0 Å². The van der Waals surface area contributed by atoms with E-state index in [1.807, 2.05) is 0 Å². The maximum atomic E-state index is 6.79. The number of rotatable bonds is 4. The van der Waals surface area contributed by atoms with Crippen molar-refractivity contribution in [2.45, 2.75) is 0 Å². The van der Waals surface area contributed by atoms with Crippen molar-refractivity contribution in [2.75, 3.05) is 9.80 Å². The molecule has 0 saturated carbocycles. The molecule has 0 amide bonds. The fraction of sp³-hybridized carbons (Fsp3) is 0. The Morgan fingerprint density at radius 1 is 0.391 bits per heavy atom. The third-order valence-electron chi connectivity index (χ3n) is 9.61. The first-order valence-corrected chi connectivity index (χ1v) is 15.8. The summed E-state index contributed by atoms with van der Waals surface area (Å²) in [6.45, 7) is 0.00204. The first-order chi connectivity index (χ1) is 22.9. The number of hydrogen-bond donors (Lipinski definition) is 0. The summed E-state index contributed by atoms with van der Waals surface area (Å²) >= 11 is 0. The van der Waals surface area contributed by atoms with E-state index >= 15 is 0 Å². The molecule has 0 bridgehead atoms. The van der Waals surface area contributed by atoms with E-state index in [9.17, 15) is 0 Å². The third kappa shape index (κ3) is 3.50. The zero-order valence-electron chi connectivity index (χ0n) is 25.0. The zero-order valence-corrected chi connectivity index (χ0v) is 25.0. The van der Waals surface area contributed by atoms with Gasteiger partial charge in [-0.3, -0.25) is 0 Å². The average Bonchev–Trinajstić information content (AvgIpc) is 3.13. The predicted octanol–water partition coefficient (Wildman–Crippen LogP) is 9.21. The number of para-hydroxylation sites is 2. The van der Waals surface area contributed by atoms with E-state index < -0.39 is 0 Å². The Morgan fingerprint density at radius 2 is 0.804 bits per heavy atom. The lowest BCUT2D eigenvalue weighted by Crippen LogP contribution is -2.63. The maximum absolute atomic E-state index is 6.79. The van der Waals surface area contributed by atoms with Crippen LogP contribution in [0.3, 0.4) is 0 Å². The SMILES string of the molecule is c1ccc(-c2cc(-c3ccccc3)c3c4c2N(c2ccccc2)c2cccc5c2B4c2c(cccc2N3c2ccccc2)O5)cc1. The van der Waals surface area contributed by atoms with Gasteiger partial charge in [-0.25, -0.2) is 0 Å². The van der Waals surface area contributed by atoms with Gasteiger partial charge in [0.2, 0.25) is 0 Å². The van der Waals surface area contributed by atoms with Gasteiger partial charge < -0.3 is 14.5 Å². The Labute approximate surface area is 268 Å². The largest absolute Gasteiger partial charge is 0.458 e. The van der Waals surface area contributed by atoms with Gasteiger partial charge in [-0.2, -0.15) is 0 Å². The first kappa shape index (κ1) is 25.3. The molecular weight excluding hydrogens is 559 g/mol. The van der Waals surface area contributed by atoms with E-state index in [0.717, 1.165) is 34.2 Å². The molecule has 7 aromatic carbocycles. The average molecular weight is 587 g/mol. The molecule has 0 unspecified atom stereocenters. The van der Waals surface area contributed by atoms with Crippen LogP contribution in [0, 0.1) is 0 Å². The van der Waals surface area contributed by atoms with Crippen LogP contribution in [0.1, 0.15) is 0 Å². The minimum Gasteiger partial charge on any atom is -0.458 e. The Kier molecular flexibility index (Phi) is 5.37. The van der Waals surface area contributed by atoms with Gasteiger partial charge in [0, 0.05) is 33.9 Å². The summed E-state index contributed by atoms with van der Waals surface area (Å²) in [5, 5.41) is 0. The minimum absolute atomic E-state index is 0.00204. The van der Waals surface area contributed by atoms with Crippen molar-refractivity contribution in [3.05, 3.63) is 164 Å². The smallest absolute Gasteiger partial charge is 0.261 e. The highest BCUT2D eigenvalue weighted by Gasteiger charge is 2.49. The second-order valence-electron chi connectivity index (χ2n) is 12.1. The van der Waals surface area contributed by atoms with E-state index in [1.165, 1.54) is 50.0 Å². The van der Waals surface area contributed by atoms with Crippen LogP contribution in [-0.2, 0) is 0 Å². The number of ether oxygens (including phenoxy) is 1. The van der Waals surface area contributed by atoms with Crippen LogP contribution in [0.25, 0.3) is 22.3 Å². The normalized spacial score (nSPS) is 13.3. The third-order valence-corrected chi connectivity index (χ3v) is 9.61. The van der Waals surface area contributed by atoms with Crippen LogP contribution in [0.4, 0.5) is 34.1 Å². The first-order valence-electron chi connectivity index (χ1n) is 15.8. The lowest BCUT2D eigenvalue weighted by molar-refractivity contribution is 0.487. The van der Waals surface area contributed by atoms with Crippen LogP contribution >= 0.6 is 0 Å². The highest BCUT2D eigenvalue weighted by atomic mass is 16.5. The predicted molar refractivity (Wildman–Crippen MR) is 191 cm³/mol. The Bertz CT molecular complexity index is 2130. The molecule has 0 saturated heterocycles. The van der Waals surface area contributed by atoms with E-state index in [-0.39, 0.29) is 6.71 Å². The lowest BCUT2D eigenvalue weighted by Gasteiger charge is -2.47. The number of benzene rings is 7. The van der Waals surface area contributed by atoms with E-state index in [4.69, 9.17) is 4.74 Å². The number of hydrogen-bond acceptors (Lipinski definition) is 3. The molecule has 7 aromatic rings. The molecule has 3 aliphatic heterocycles. The van der Waals surface area contributed by atoms with Crippen molar-refractivity contribution in [3.63, 3.8) is 0 Å². The molecule has 3 nitrogen and oxygen atoms in total. The lowest BCUT2D eigenvalue weighted by atomic mass is 9.32. The summed E-state index contributed by atoms with van der Waals surface area (Å²) < 4.78 is 6.79. The van der Waals surface area contributed by atoms with Crippen LogP contribution < -0.4 is 30.9 Å². The summed E-state index contributed by atoms with van der Waals surface area (Å²) in [6.07, 6.45) is 0. The minimum atomic E-state index is 0.00204. The summed E-state index contributed by atoms with van der Waals surface area (Å²) in [6, 6.07) is 58.7. The molecule has 214 valence electrons. The molecule has 0 fully saturated rings. The van der Waals surface area contributed by atoms with Crippen LogP contribution in [-0.4, -0.2) is 6.71 Å². The highest BCUT2D eigenvalue weighted by Crippen LogP contribution is 2.53. The summed E-state index contributed by atoms with van der Waals surface area (Å²) in [4.78, 5) is 4.94. The molecule has 0 atom stereocenters. The monoisotopic (exact) mass is 586 g/mol. The fourth-order valence-electron chi connectivity index (χ4n) is 7.81. The van der Waals surface area contributed by atoms with Crippen molar-refractivity contribution in [2.24, 2.45) is 0 Å². The van der Waals surface area contributed by atoms with Gasteiger partial charge >= 0.3 is 0 Å². The molecule has 4 heteroatoms. The van der Waals surface area contributed by atoms with Crippen LogP contribution in [0.2, 0.25) is 0 Å². The summed E-state index contributed by atoms with van der Waals surface area (Å²) in [5.41, 5.74) is 15.5. The van der Waals surface area contributed by atoms with Crippen molar-refractivity contribution < 1.29 is 4.74 Å². The fourth-order valence-corrected chi connectivity index (χ4v) is 7.81. The molecule has 10 rings (SSSR count). The summed E-state index contributed by atoms with van der Waals surface area (Å²) in [5.74, 6) is 1.84. The van der Waals surface area contributed by atoms with E-state index in [1.54, 1.807) is 0 Å². The van der Waals surface area contributed by atoms with E-state index in [0.29, 0.717) is 0 Å². The topological polar surface area (TPSA) is 15.7 Å². The Balaban J connectivity index is 1.44. The Hall–Kier alpha value is -6.00. The molecule has 0 aromatic heterocycles. The van der Waals surface area contributed by atoms with Gasteiger partial charge in [-0.1, -0.05) is 109 Å². The van der Waals surface area contributed by atoms with Crippen molar-refractivity contribution in [3.8, 4) is 33.8 Å². The van der Waals surface area contributed by atoms with E-state index in [2.05, 4.69) is 174 Å². The van der Waals surface area contributed by atoms with Crippen molar-refractivity contribution in [1.29, 1.82) is 0 Å². The molecular formula is C42H27BN2O. The molecule has 0 spiro atoms. The van der Waals surface area contributed by atoms with Crippen LogP contribution in [0.5, 0.6) is 11.5 Å². The van der Waals surface area contributed by atoms with Gasteiger partial charge in [0.15, 0.2) is 0 Å². The maximum Gasteiger partial charge on any atom is 0.261 e. The molecule has 0 aliphatic carbocycles. The van der Waals surface area contributed by atoms with Gasteiger partial charge in [-0.05, 0) is 82.1 Å². The zero-order chi connectivity index (χ0) is 30.2. The molecule has 0 N–H and O–H groups in total. The van der Waals surface area contributed by atoms with Crippen molar-refractivity contribution >= 4 is 57.2 Å². The number of nitrogens with zero attached hydrogens (tertiary/aromatic N) is 2. The molecule has 3 heterocycles. The van der Waals surface area contributed by atoms with Gasteiger partial charge in [-0.15, -0.1) is 0 Å². The van der Waals surface area contributed by atoms with Gasteiger partial charge in [0.1, 0.15) is 11.5 Å². The van der Waals surface area contributed by atoms with Crippen LogP contribution in [0.15, 0.2) is 164 Å². The Morgan fingerprint density at radius 3 is 1.24 bits per heavy atom. The standard InChI is InChI=1S/C42H27BN2O/c1-5-15-28(16-6-1)32-27-33(29-17-7-2-8-18-29)42-40-41(32)44(30-19-9-3-10-20-30)34-23-13-25-36-38(34)43(40)39-35(24-14-26-37(39)46-36)45(42)31-21-11-4-12-22-31/h1-27H.